The molecule has 0 spiro atoms. The van der Waals surface area contributed by atoms with Crippen molar-refractivity contribution < 1.29 is 9.59 Å². The molecule has 2 amide bonds. The first-order valence-corrected chi connectivity index (χ1v) is 6.13. The largest absolute Gasteiger partial charge is 0.348 e. The van der Waals surface area contributed by atoms with Crippen LogP contribution in [-0.4, -0.2) is 24.9 Å². The molecule has 1 unspecified atom stereocenters. The summed E-state index contributed by atoms with van der Waals surface area (Å²) in [5.74, 6) is -1.16. The SMILES string of the molecule is CC(CCNC(=O)C(=O)NCC#N)c1ccccc1. The Morgan fingerprint density at radius 3 is 2.47 bits per heavy atom. The zero-order chi connectivity index (χ0) is 14.1. The van der Waals surface area contributed by atoms with Gasteiger partial charge in [-0.05, 0) is 17.9 Å². The van der Waals surface area contributed by atoms with Crippen molar-refractivity contribution >= 4 is 11.8 Å². The summed E-state index contributed by atoms with van der Waals surface area (Å²) >= 11 is 0. The number of carbonyl (C=O) groups is 2. The summed E-state index contributed by atoms with van der Waals surface area (Å²) in [6.07, 6.45) is 0.751. The summed E-state index contributed by atoms with van der Waals surface area (Å²) in [6.45, 7) is 2.33. The van der Waals surface area contributed by atoms with E-state index in [1.165, 1.54) is 5.56 Å². The third-order valence-corrected chi connectivity index (χ3v) is 2.77. The number of hydrogen-bond donors (Lipinski definition) is 2. The fraction of sp³-hybridized carbons (Fsp3) is 0.357. The molecule has 1 atom stereocenters. The van der Waals surface area contributed by atoms with Gasteiger partial charge in [0.1, 0.15) is 6.54 Å². The van der Waals surface area contributed by atoms with Gasteiger partial charge in [0, 0.05) is 6.54 Å². The number of carbonyl (C=O) groups excluding carboxylic acids is 2. The van der Waals surface area contributed by atoms with Gasteiger partial charge < -0.3 is 10.6 Å². The van der Waals surface area contributed by atoms with E-state index in [0.717, 1.165) is 6.42 Å². The first kappa shape index (κ1) is 14.7. The standard InChI is InChI=1S/C14H17N3O2/c1-11(12-5-3-2-4-6-12)7-9-16-13(18)14(19)17-10-8-15/h2-6,11H,7,9-10H2,1H3,(H,16,18)(H,17,19). The zero-order valence-corrected chi connectivity index (χ0v) is 10.8. The van der Waals surface area contributed by atoms with E-state index < -0.39 is 11.8 Å². The maximum Gasteiger partial charge on any atom is 0.310 e. The van der Waals surface area contributed by atoms with Gasteiger partial charge in [0.25, 0.3) is 0 Å². The van der Waals surface area contributed by atoms with Crippen LogP contribution in [0.2, 0.25) is 0 Å². The molecule has 5 heteroatoms. The molecule has 0 saturated carbocycles. The van der Waals surface area contributed by atoms with Crippen LogP contribution < -0.4 is 10.6 Å². The van der Waals surface area contributed by atoms with E-state index in [2.05, 4.69) is 17.6 Å². The topological polar surface area (TPSA) is 82.0 Å². The molecule has 0 radical (unpaired) electrons. The van der Waals surface area contributed by atoms with Crippen LogP contribution in [0.15, 0.2) is 30.3 Å². The molecule has 1 rings (SSSR count). The molecule has 0 heterocycles. The predicted octanol–water partition coefficient (Wildman–Crippen LogP) is 0.936. The van der Waals surface area contributed by atoms with Gasteiger partial charge >= 0.3 is 11.8 Å². The summed E-state index contributed by atoms with van der Waals surface area (Å²) in [5, 5.41) is 13.0. The lowest BCUT2D eigenvalue weighted by Gasteiger charge is -2.12. The normalized spacial score (nSPS) is 11.2. The minimum absolute atomic E-state index is 0.160. The number of nitrogens with one attached hydrogen (secondary N) is 2. The maximum atomic E-state index is 11.3. The van der Waals surface area contributed by atoms with Crippen LogP contribution in [0.25, 0.3) is 0 Å². The number of nitriles is 1. The van der Waals surface area contributed by atoms with Gasteiger partial charge in [-0.1, -0.05) is 37.3 Å². The van der Waals surface area contributed by atoms with Crippen molar-refractivity contribution in [1.29, 1.82) is 5.26 Å². The highest BCUT2D eigenvalue weighted by molar-refractivity contribution is 6.35. The van der Waals surface area contributed by atoms with Crippen LogP contribution in [0.1, 0.15) is 24.8 Å². The second-order valence-corrected chi connectivity index (χ2v) is 4.20. The molecule has 1 aromatic carbocycles. The number of rotatable bonds is 5. The Bertz CT molecular complexity index is 465. The van der Waals surface area contributed by atoms with E-state index in [4.69, 9.17) is 5.26 Å². The Balaban J connectivity index is 2.29. The number of amides is 2. The highest BCUT2D eigenvalue weighted by atomic mass is 16.2. The van der Waals surface area contributed by atoms with Crippen LogP contribution in [0.3, 0.4) is 0 Å². The summed E-state index contributed by atoms with van der Waals surface area (Å²) in [6, 6.07) is 11.7. The van der Waals surface area contributed by atoms with Crippen LogP contribution in [0, 0.1) is 11.3 Å². The predicted molar refractivity (Wildman–Crippen MR) is 71.1 cm³/mol. The van der Waals surface area contributed by atoms with Crippen molar-refractivity contribution in [1.82, 2.24) is 10.6 Å². The molecule has 0 fully saturated rings. The van der Waals surface area contributed by atoms with Crippen molar-refractivity contribution in [3.63, 3.8) is 0 Å². The lowest BCUT2D eigenvalue weighted by molar-refractivity contribution is -0.139. The van der Waals surface area contributed by atoms with Gasteiger partial charge in [0.2, 0.25) is 0 Å². The summed E-state index contributed by atoms with van der Waals surface area (Å²) < 4.78 is 0. The second-order valence-electron chi connectivity index (χ2n) is 4.20. The zero-order valence-electron chi connectivity index (χ0n) is 10.8. The van der Waals surface area contributed by atoms with E-state index in [0.29, 0.717) is 12.5 Å². The van der Waals surface area contributed by atoms with E-state index in [9.17, 15) is 9.59 Å². The van der Waals surface area contributed by atoms with Gasteiger partial charge in [-0.15, -0.1) is 0 Å². The highest BCUT2D eigenvalue weighted by Crippen LogP contribution is 2.17. The first-order chi connectivity index (χ1) is 9.15. The summed E-state index contributed by atoms with van der Waals surface area (Å²) in [5.41, 5.74) is 1.20. The number of benzene rings is 1. The van der Waals surface area contributed by atoms with Gasteiger partial charge in [-0.25, -0.2) is 0 Å². The van der Waals surface area contributed by atoms with Crippen molar-refractivity contribution in [3.05, 3.63) is 35.9 Å². The second kappa shape index (κ2) is 7.88. The molecule has 2 N–H and O–H groups in total. The average molecular weight is 259 g/mol. The molecule has 0 aliphatic rings. The van der Waals surface area contributed by atoms with Gasteiger partial charge in [0.15, 0.2) is 0 Å². The Kier molecular flexibility index (Phi) is 6.10. The quantitative estimate of drug-likeness (QED) is 0.609. The molecule has 0 aromatic heterocycles. The maximum absolute atomic E-state index is 11.3. The van der Waals surface area contributed by atoms with E-state index in [1.54, 1.807) is 6.07 Å². The molecule has 19 heavy (non-hydrogen) atoms. The Morgan fingerprint density at radius 2 is 1.84 bits per heavy atom. The Hall–Kier alpha value is -2.35. The van der Waals surface area contributed by atoms with E-state index in [-0.39, 0.29) is 6.54 Å². The van der Waals surface area contributed by atoms with Gasteiger partial charge in [-0.3, -0.25) is 9.59 Å². The van der Waals surface area contributed by atoms with Crippen molar-refractivity contribution in [2.45, 2.75) is 19.3 Å². The highest BCUT2D eigenvalue weighted by Gasteiger charge is 2.12. The van der Waals surface area contributed by atoms with Crippen molar-refractivity contribution in [3.8, 4) is 6.07 Å². The molecule has 0 aliphatic carbocycles. The molecular formula is C14H17N3O2. The molecule has 100 valence electrons. The summed E-state index contributed by atoms with van der Waals surface area (Å²) in [4.78, 5) is 22.5. The smallest absolute Gasteiger partial charge is 0.310 e. The Labute approximate surface area is 112 Å². The van der Waals surface area contributed by atoms with Gasteiger partial charge in [-0.2, -0.15) is 5.26 Å². The Morgan fingerprint density at radius 1 is 1.21 bits per heavy atom. The molecule has 0 bridgehead atoms. The van der Waals surface area contributed by atoms with Crippen LogP contribution in [0.4, 0.5) is 0 Å². The molecule has 0 aliphatic heterocycles. The fourth-order valence-electron chi connectivity index (χ4n) is 1.63. The first-order valence-electron chi connectivity index (χ1n) is 6.13. The molecule has 0 saturated heterocycles. The van der Waals surface area contributed by atoms with Gasteiger partial charge in [0.05, 0.1) is 6.07 Å². The van der Waals surface area contributed by atoms with Crippen molar-refractivity contribution in [2.75, 3.05) is 13.1 Å². The van der Waals surface area contributed by atoms with E-state index >= 15 is 0 Å². The molecular weight excluding hydrogens is 242 g/mol. The minimum Gasteiger partial charge on any atom is -0.348 e. The lowest BCUT2D eigenvalue weighted by atomic mass is 9.98. The lowest BCUT2D eigenvalue weighted by Crippen LogP contribution is -2.40. The molecule has 1 aromatic rings. The third kappa shape index (κ3) is 5.21. The van der Waals surface area contributed by atoms with Crippen LogP contribution in [0.5, 0.6) is 0 Å². The van der Waals surface area contributed by atoms with Crippen LogP contribution >= 0.6 is 0 Å². The average Bonchev–Trinajstić information content (AvgIpc) is 2.45. The third-order valence-electron chi connectivity index (χ3n) is 2.77. The number of nitrogens with zero attached hydrogens (tertiary/aromatic N) is 1. The fourth-order valence-corrected chi connectivity index (χ4v) is 1.63. The van der Waals surface area contributed by atoms with E-state index in [1.807, 2.05) is 30.3 Å². The number of hydrogen-bond acceptors (Lipinski definition) is 3. The monoisotopic (exact) mass is 259 g/mol. The van der Waals surface area contributed by atoms with Crippen molar-refractivity contribution in [2.24, 2.45) is 0 Å². The molecule has 5 nitrogen and oxygen atoms in total. The minimum atomic E-state index is -0.770. The van der Waals surface area contributed by atoms with Crippen LogP contribution in [-0.2, 0) is 9.59 Å². The summed E-state index contributed by atoms with van der Waals surface area (Å²) in [7, 11) is 0.